The first-order valence-electron chi connectivity index (χ1n) is 9.11. The molecule has 0 bridgehead atoms. The van der Waals surface area contributed by atoms with E-state index in [1.165, 1.54) is 0 Å². The molecule has 1 saturated heterocycles. The third-order valence-corrected chi connectivity index (χ3v) is 4.95. The summed E-state index contributed by atoms with van der Waals surface area (Å²) < 4.78 is 17.8. The second-order valence-electron chi connectivity index (χ2n) is 6.61. The molecule has 27 heavy (non-hydrogen) atoms. The molecule has 1 amide bonds. The minimum Gasteiger partial charge on any atom is -0.484 e. The Kier molecular flexibility index (Phi) is 4.74. The maximum absolute atomic E-state index is 12.6. The summed E-state index contributed by atoms with van der Waals surface area (Å²) >= 11 is 0. The number of likely N-dealkylation sites (tertiary alicyclic amines) is 1. The van der Waals surface area contributed by atoms with Crippen LogP contribution in [-0.2, 0) is 11.3 Å². The standard InChI is InChI=1S/C18H22N4O5/c1-2-22-17(19-20-18(22)24)12-4-3-7-21(9-12)16(23)10-25-13-5-6-14-15(8-13)27-11-26-14/h5-6,8,12H,2-4,7,9-11H2,1H3,(H,20,24)/t12-/m0/s1. The molecule has 9 nitrogen and oxygen atoms in total. The van der Waals surface area contributed by atoms with E-state index >= 15 is 0 Å². The predicted octanol–water partition coefficient (Wildman–Crippen LogP) is 1.10. The molecule has 3 heterocycles. The fourth-order valence-electron chi connectivity index (χ4n) is 3.56. The molecule has 1 aromatic carbocycles. The van der Waals surface area contributed by atoms with Crippen LogP contribution in [0.2, 0.25) is 0 Å². The first kappa shape index (κ1) is 17.4. The Bertz CT molecular complexity index is 890. The number of nitrogens with zero attached hydrogens (tertiary/aromatic N) is 3. The van der Waals surface area contributed by atoms with Gasteiger partial charge in [0.2, 0.25) is 6.79 Å². The van der Waals surface area contributed by atoms with E-state index in [-0.39, 0.29) is 30.9 Å². The van der Waals surface area contributed by atoms with Crippen LogP contribution >= 0.6 is 0 Å². The summed E-state index contributed by atoms with van der Waals surface area (Å²) in [4.78, 5) is 26.2. The maximum atomic E-state index is 12.6. The lowest BCUT2D eigenvalue weighted by Crippen LogP contribution is -2.42. The fourth-order valence-corrected chi connectivity index (χ4v) is 3.56. The topological polar surface area (TPSA) is 98.7 Å². The zero-order valence-corrected chi connectivity index (χ0v) is 15.1. The first-order valence-corrected chi connectivity index (χ1v) is 9.11. The number of aromatic amines is 1. The largest absolute Gasteiger partial charge is 0.484 e. The Labute approximate surface area is 155 Å². The van der Waals surface area contributed by atoms with Crippen molar-refractivity contribution in [3.63, 3.8) is 0 Å². The number of H-pyrrole nitrogens is 1. The van der Waals surface area contributed by atoms with Gasteiger partial charge in [0, 0.05) is 31.6 Å². The molecule has 0 saturated carbocycles. The number of hydrogen-bond acceptors (Lipinski definition) is 6. The molecule has 2 aromatic rings. The highest BCUT2D eigenvalue weighted by molar-refractivity contribution is 5.78. The van der Waals surface area contributed by atoms with Gasteiger partial charge < -0.3 is 19.1 Å². The number of piperidine rings is 1. The second kappa shape index (κ2) is 7.34. The van der Waals surface area contributed by atoms with Crippen LogP contribution in [-0.4, -0.2) is 52.1 Å². The molecule has 9 heteroatoms. The zero-order chi connectivity index (χ0) is 18.8. The van der Waals surface area contributed by atoms with Crippen LogP contribution in [0.25, 0.3) is 0 Å². The van der Waals surface area contributed by atoms with Crippen molar-refractivity contribution in [1.82, 2.24) is 19.7 Å². The Hall–Kier alpha value is -2.97. The van der Waals surface area contributed by atoms with Gasteiger partial charge in [-0.25, -0.2) is 9.89 Å². The van der Waals surface area contributed by atoms with Crippen LogP contribution < -0.4 is 19.9 Å². The number of benzene rings is 1. The minimum atomic E-state index is -0.206. The summed E-state index contributed by atoms with van der Waals surface area (Å²) in [5, 5.41) is 6.67. The molecule has 0 unspecified atom stereocenters. The normalized spacial score (nSPS) is 18.6. The molecule has 1 aromatic heterocycles. The van der Waals surface area contributed by atoms with Crippen LogP contribution in [0.3, 0.4) is 0 Å². The number of amides is 1. The highest BCUT2D eigenvalue weighted by Gasteiger charge is 2.28. The van der Waals surface area contributed by atoms with E-state index in [0.29, 0.717) is 36.9 Å². The highest BCUT2D eigenvalue weighted by atomic mass is 16.7. The van der Waals surface area contributed by atoms with E-state index in [1.807, 2.05) is 6.92 Å². The van der Waals surface area contributed by atoms with Crippen LogP contribution in [0.1, 0.15) is 31.5 Å². The molecule has 2 aliphatic rings. The molecule has 0 radical (unpaired) electrons. The van der Waals surface area contributed by atoms with Gasteiger partial charge in [0.05, 0.1) is 0 Å². The van der Waals surface area contributed by atoms with E-state index in [2.05, 4.69) is 10.2 Å². The Morgan fingerprint density at radius 3 is 3.07 bits per heavy atom. The molecule has 2 aliphatic heterocycles. The van der Waals surface area contributed by atoms with Gasteiger partial charge in [0.25, 0.3) is 5.91 Å². The van der Waals surface area contributed by atoms with Crippen LogP contribution in [0, 0.1) is 0 Å². The second-order valence-corrected chi connectivity index (χ2v) is 6.61. The maximum Gasteiger partial charge on any atom is 0.343 e. The van der Waals surface area contributed by atoms with Crippen molar-refractivity contribution < 1.29 is 19.0 Å². The number of nitrogens with one attached hydrogen (secondary N) is 1. The molecule has 1 fully saturated rings. The SMILES string of the molecule is CCn1c([C@H]2CCCN(C(=O)COc3ccc4c(c3)OCO4)C2)n[nH]c1=O. The van der Waals surface area contributed by atoms with Gasteiger partial charge in [-0.2, -0.15) is 5.10 Å². The average molecular weight is 374 g/mol. The lowest BCUT2D eigenvalue weighted by Gasteiger charge is -2.32. The van der Waals surface area contributed by atoms with Gasteiger partial charge in [-0.3, -0.25) is 9.36 Å². The summed E-state index contributed by atoms with van der Waals surface area (Å²) in [7, 11) is 0. The number of carbonyl (C=O) groups is 1. The van der Waals surface area contributed by atoms with Crippen molar-refractivity contribution in [2.45, 2.75) is 32.2 Å². The van der Waals surface area contributed by atoms with Gasteiger partial charge in [0.1, 0.15) is 11.6 Å². The number of aromatic nitrogens is 3. The Balaban J connectivity index is 1.38. The van der Waals surface area contributed by atoms with Crippen molar-refractivity contribution in [3.05, 3.63) is 34.5 Å². The van der Waals surface area contributed by atoms with Crippen molar-refractivity contribution >= 4 is 5.91 Å². The fraction of sp³-hybridized carbons (Fsp3) is 0.500. The van der Waals surface area contributed by atoms with Crippen molar-refractivity contribution in [1.29, 1.82) is 0 Å². The lowest BCUT2D eigenvalue weighted by molar-refractivity contribution is -0.134. The van der Waals surface area contributed by atoms with Gasteiger partial charge >= 0.3 is 5.69 Å². The van der Waals surface area contributed by atoms with E-state index in [0.717, 1.165) is 18.7 Å². The monoisotopic (exact) mass is 374 g/mol. The van der Waals surface area contributed by atoms with Gasteiger partial charge in [-0.1, -0.05) is 0 Å². The molecular formula is C18H22N4O5. The summed E-state index contributed by atoms with van der Waals surface area (Å²) in [6.07, 6.45) is 1.77. The highest BCUT2D eigenvalue weighted by Crippen LogP contribution is 2.35. The summed E-state index contributed by atoms with van der Waals surface area (Å²) in [5.41, 5.74) is -0.206. The number of carbonyl (C=O) groups excluding carboxylic acids is 1. The van der Waals surface area contributed by atoms with E-state index in [4.69, 9.17) is 14.2 Å². The number of fused-ring (bicyclic) bond motifs is 1. The molecule has 0 spiro atoms. The quantitative estimate of drug-likeness (QED) is 0.842. The molecule has 0 aliphatic carbocycles. The van der Waals surface area contributed by atoms with E-state index in [9.17, 15) is 9.59 Å². The van der Waals surface area contributed by atoms with E-state index in [1.54, 1.807) is 27.7 Å². The van der Waals surface area contributed by atoms with Crippen LogP contribution in [0.15, 0.2) is 23.0 Å². The lowest BCUT2D eigenvalue weighted by atomic mass is 9.97. The molecule has 144 valence electrons. The van der Waals surface area contributed by atoms with Gasteiger partial charge in [0.15, 0.2) is 18.1 Å². The smallest absolute Gasteiger partial charge is 0.343 e. The Morgan fingerprint density at radius 1 is 1.37 bits per heavy atom. The van der Waals surface area contributed by atoms with Gasteiger partial charge in [-0.05, 0) is 31.9 Å². The number of rotatable bonds is 5. The number of ether oxygens (including phenoxy) is 3. The van der Waals surface area contributed by atoms with Crippen molar-refractivity contribution in [2.75, 3.05) is 26.5 Å². The number of hydrogen-bond donors (Lipinski definition) is 1. The molecular weight excluding hydrogens is 352 g/mol. The third kappa shape index (κ3) is 3.49. The minimum absolute atomic E-state index is 0.0481. The summed E-state index contributed by atoms with van der Waals surface area (Å²) in [6, 6.07) is 5.24. The Morgan fingerprint density at radius 2 is 2.22 bits per heavy atom. The first-order chi connectivity index (χ1) is 13.2. The third-order valence-electron chi connectivity index (χ3n) is 4.95. The zero-order valence-electron chi connectivity index (χ0n) is 15.1. The molecule has 4 rings (SSSR count). The summed E-state index contributed by atoms with van der Waals surface area (Å²) in [5.74, 6) is 2.54. The van der Waals surface area contributed by atoms with Crippen LogP contribution in [0.4, 0.5) is 0 Å². The predicted molar refractivity (Wildman–Crippen MR) is 95.1 cm³/mol. The average Bonchev–Trinajstić information content (AvgIpc) is 3.31. The van der Waals surface area contributed by atoms with Crippen LogP contribution in [0.5, 0.6) is 17.2 Å². The van der Waals surface area contributed by atoms with Gasteiger partial charge in [-0.15, -0.1) is 0 Å². The molecule has 1 atom stereocenters. The van der Waals surface area contributed by atoms with Crippen molar-refractivity contribution in [2.24, 2.45) is 0 Å². The van der Waals surface area contributed by atoms with E-state index < -0.39 is 0 Å². The molecule has 1 N–H and O–H groups in total. The van der Waals surface area contributed by atoms with Crippen molar-refractivity contribution in [3.8, 4) is 17.2 Å². The summed E-state index contributed by atoms with van der Waals surface area (Å²) in [6.45, 7) is 3.83.